The van der Waals surface area contributed by atoms with Crippen LogP contribution in [0.5, 0.6) is 0 Å². The highest BCUT2D eigenvalue weighted by molar-refractivity contribution is 6.01. The number of hydrogen-bond donors (Lipinski definition) is 0. The average Bonchev–Trinajstić information content (AvgIpc) is 3.04. The molecule has 0 N–H and O–H groups in total. The van der Waals surface area contributed by atoms with Crippen LogP contribution in [0.2, 0.25) is 0 Å². The van der Waals surface area contributed by atoms with E-state index >= 15 is 0 Å². The topological polar surface area (TPSA) is 65.1 Å². The van der Waals surface area contributed by atoms with E-state index in [1.807, 2.05) is 4.90 Å². The fraction of sp³-hybridized carbons (Fsp3) is 0.533. The summed E-state index contributed by atoms with van der Waals surface area (Å²) in [5, 5.41) is 12.7. The Morgan fingerprint density at radius 1 is 1.38 bits per heavy atom. The summed E-state index contributed by atoms with van der Waals surface area (Å²) in [6.07, 6.45) is 1.28. The molecule has 1 amide bonds. The molecule has 0 radical (unpaired) electrons. The number of carbonyl (C=O) groups excluding carboxylic acids is 1. The lowest BCUT2D eigenvalue weighted by atomic mass is 9.91. The van der Waals surface area contributed by atoms with E-state index in [0.717, 1.165) is 10.6 Å². The first-order chi connectivity index (χ1) is 10.1. The zero-order valence-electron chi connectivity index (χ0n) is 11.9. The van der Waals surface area contributed by atoms with Crippen molar-refractivity contribution >= 4 is 11.6 Å². The van der Waals surface area contributed by atoms with Crippen LogP contribution in [0.15, 0.2) is 18.2 Å². The van der Waals surface area contributed by atoms with Gasteiger partial charge in [0, 0.05) is 36.2 Å². The van der Waals surface area contributed by atoms with E-state index in [1.165, 1.54) is 7.05 Å². The van der Waals surface area contributed by atoms with Gasteiger partial charge in [-0.3, -0.25) is 4.79 Å². The molecular formula is C15H17N2O4-. The van der Waals surface area contributed by atoms with Gasteiger partial charge in [0.2, 0.25) is 0 Å². The molecule has 3 aliphatic heterocycles. The number of amides is 1. The standard InChI is InChI=1S/C15H17N2O4/c1-16(19)11-4-2-3-10-13(11)12-9-15(20-7-8-21-15)5-6-17(12)14(10)18/h2-4,12H,5-9H2,1H3/q-1. The minimum absolute atomic E-state index is 0.00606. The lowest BCUT2D eigenvalue weighted by Crippen LogP contribution is -2.46. The van der Waals surface area contributed by atoms with Crippen molar-refractivity contribution in [3.8, 4) is 0 Å². The molecule has 3 aliphatic rings. The number of hydroxylamine groups is 1. The summed E-state index contributed by atoms with van der Waals surface area (Å²) in [5.41, 5.74) is 2.01. The Balaban J connectivity index is 1.78. The van der Waals surface area contributed by atoms with E-state index in [9.17, 15) is 10.0 Å². The summed E-state index contributed by atoms with van der Waals surface area (Å²) in [6.45, 7) is 1.79. The maximum absolute atomic E-state index is 12.5. The molecule has 1 aromatic carbocycles. The minimum Gasteiger partial charge on any atom is -0.758 e. The fourth-order valence-corrected chi connectivity index (χ4v) is 3.73. The molecule has 1 atom stereocenters. The second kappa shape index (κ2) is 4.43. The van der Waals surface area contributed by atoms with Crippen LogP contribution in [-0.4, -0.2) is 43.4 Å². The molecular weight excluding hydrogens is 272 g/mol. The van der Waals surface area contributed by atoms with Gasteiger partial charge in [-0.2, -0.15) is 0 Å². The molecule has 4 rings (SSSR count). The second-order valence-electron chi connectivity index (χ2n) is 5.81. The molecule has 2 fully saturated rings. The molecule has 3 heterocycles. The fourth-order valence-electron chi connectivity index (χ4n) is 3.73. The van der Waals surface area contributed by atoms with E-state index in [-0.39, 0.29) is 11.9 Å². The van der Waals surface area contributed by atoms with Crippen LogP contribution < -0.4 is 5.06 Å². The Kier molecular flexibility index (Phi) is 2.76. The molecule has 0 aromatic heterocycles. The van der Waals surface area contributed by atoms with Crippen molar-refractivity contribution in [1.82, 2.24) is 4.90 Å². The van der Waals surface area contributed by atoms with Crippen LogP contribution in [0.1, 0.15) is 34.8 Å². The number of benzene rings is 1. The van der Waals surface area contributed by atoms with Crippen molar-refractivity contribution in [3.05, 3.63) is 34.5 Å². The third kappa shape index (κ3) is 1.79. The monoisotopic (exact) mass is 289 g/mol. The Bertz CT molecular complexity index is 595. The number of hydrogen-bond acceptors (Lipinski definition) is 5. The summed E-state index contributed by atoms with van der Waals surface area (Å²) in [5.74, 6) is -0.580. The average molecular weight is 289 g/mol. The van der Waals surface area contributed by atoms with Crippen molar-refractivity contribution in [2.24, 2.45) is 0 Å². The van der Waals surface area contributed by atoms with Gasteiger partial charge in [-0.15, -0.1) is 0 Å². The van der Waals surface area contributed by atoms with Crippen LogP contribution in [0.4, 0.5) is 5.69 Å². The summed E-state index contributed by atoms with van der Waals surface area (Å²) in [6, 6.07) is 5.19. The lowest BCUT2D eigenvalue weighted by Gasteiger charge is -2.41. The smallest absolute Gasteiger partial charge is 0.254 e. The van der Waals surface area contributed by atoms with E-state index in [0.29, 0.717) is 43.9 Å². The lowest BCUT2D eigenvalue weighted by molar-refractivity contribution is -0.191. The molecule has 1 spiro atoms. The van der Waals surface area contributed by atoms with Crippen molar-refractivity contribution in [2.75, 3.05) is 31.9 Å². The van der Waals surface area contributed by atoms with Gasteiger partial charge in [-0.25, -0.2) is 0 Å². The first-order valence-corrected chi connectivity index (χ1v) is 7.24. The van der Waals surface area contributed by atoms with Gasteiger partial charge in [-0.05, 0) is 19.2 Å². The van der Waals surface area contributed by atoms with Crippen molar-refractivity contribution in [1.29, 1.82) is 0 Å². The van der Waals surface area contributed by atoms with Crippen molar-refractivity contribution < 1.29 is 14.3 Å². The molecule has 1 aromatic rings. The van der Waals surface area contributed by atoms with Crippen LogP contribution in [-0.2, 0) is 9.47 Å². The Labute approximate surface area is 122 Å². The van der Waals surface area contributed by atoms with E-state index in [4.69, 9.17) is 9.47 Å². The molecule has 0 saturated carbocycles. The molecule has 1 unspecified atom stereocenters. The van der Waals surface area contributed by atoms with Gasteiger partial charge < -0.3 is 24.6 Å². The predicted molar refractivity (Wildman–Crippen MR) is 75.9 cm³/mol. The first-order valence-electron chi connectivity index (χ1n) is 7.24. The van der Waals surface area contributed by atoms with Gasteiger partial charge in [0.1, 0.15) is 0 Å². The summed E-state index contributed by atoms with van der Waals surface area (Å²) in [7, 11) is 1.46. The van der Waals surface area contributed by atoms with Crippen LogP contribution in [0.25, 0.3) is 0 Å². The van der Waals surface area contributed by atoms with Gasteiger partial charge >= 0.3 is 0 Å². The molecule has 6 nitrogen and oxygen atoms in total. The van der Waals surface area contributed by atoms with E-state index in [2.05, 4.69) is 0 Å². The summed E-state index contributed by atoms with van der Waals surface area (Å²) in [4.78, 5) is 14.4. The quantitative estimate of drug-likeness (QED) is 0.736. The number of anilines is 1. The van der Waals surface area contributed by atoms with Gasteiger partial charge in [0.05, 0.1) is 19.3 Å². The Morgan fingerprint density at radius 2 is 2.14 bits per heavy atom. The number of rotatable bonds is 1. The highest BCUT2D eigenvalue weighted by Crippen LogP contribution is 2.48. The van der Waals surface area contributed by atoms with Crippen LogP contribution in [0, 0.1) is 5.21 Å². The summed E-state index contributed by atoms with van der Waals surface area (Å²) >= 11 is 0. The SMILES string of the molecule is CN([O-])c1cccc2c1C1CC3(CCN1C2=O)OCCO3. The van der Waals surface area contributed by atoms with E-state index in [1.54, 1.807) is 18.2 Å². The molecule has 21 heavy (non-hydrogen) atoms. The van der Waals surface area contributed by atoms with Gasteiger partial charge in [-0.1, -0.05) is 6.07 Å². The zero-order chi connectivity index (χ0) is 14.6. The Hall–Kier alpha value is -1.63. The highest BCUT2D eigenvalue weighted by Gasteiger charge is 2.50. The van der Waals surface area contributed by atoms with Gasteiger partial charge in [0.15, 0.2) is 5.79 Å². The largest absolute Gasteiger partial charge is 0.758 e. The van der Waals surface area contributed by atoms with Crippen LogP contribution >= 0.6 is 0 Å². The maximum atomic E-state index is 12.5. The Morgan fingerprint density at radius 3 is 2.86 bits per heavy atom. The molecule has 6 heteroatoms. The number of nitrogens with zero attached hydrogens (tertiary/aromatic N) is 2. The van der Waals surface area contributed by atoms with E-state index < -0.39 is 5.79 Å². The summed E-state index contributed by atoms with van der Waals surface area (Å²) < 4.78 is 11.6. The molecule has 0 bridgehead atoms. The number of fused-ring (bicyclic) bond motifs is 3. The third-order valence-electron chi connectivity index (χ3n) is 4.67. The number of ether oxygens (including phenoxy) is 2. The number of carbonyl (C=O) groups is 1. The third-order valence-corrected chi connectivity index (χ3v) is 4.67. The minimum atomic E-state index is -0.586. The van der Waals surface area contributed by atoms with Crippen molar-refractivity contribution in [3.63, 3.8) is 0 Å². The molecule has 0 aliphatic carbocycles. The zero-order valence-corrected chi connectivity index (χ0v) is 11.9. The first kappa shape index (κ1) is 13.1. The molecule has 112 valence electrons. The van der Waals surface area contributed by atoms with Gasteiger partial charge in [0.25, 0.3) is 5.91 Å². The highest BCUT2D eigenvalue weighted by atomic mass is 16.7. The maximum Gasteiger partial charge on any atom is 0.254 e. The second-order valence-corrected chi connectivity index (χ2v) is 5.81. The van der Waals surface area contributed by atoms with Crippen LogP contribution in [0.3, 0.4) is 0 Å². The molecule has 2 saturated heterocycles. The normalized spacial score (nSPS) is 26.1. The van der Waals surface area contributed by atoms with Crippen molar-refractivity contribution in [2.45, 2.75) is 24.7 Å². The number of piperidine rings is 1. The predicted octanol–water partition coefficient (Wildman–Crippen LogP) is 1.65.